The molecule has 0 aliphatic carbocycles. The summed E-state index contributed by atoms with van der Waals surface area (Å²) in [4.78, 5) is 12.2. The van der Waals surface area contributed by atoms with E-state index < -0.39 is 0 Å². The zero-order valence-corrected chi connectivity index (χ0v) is 13.1. The van der Waals surface area contributed by atoms with Gasteiger partial charge in [-0.15, -0.1) is 0 Å². The summed E-state index contributed by atoms with van der Waals surface area (Å²) in [6.45, 7) is 4.82. The van der Waals surface area contributed by atoms with E-state index in [2.05, 4.69) is 40.2 Å². The van der Waals surface area contributed by atoms with Crippen molar-refractivity contribution in [3.63, 3.8) is 0 Å². The van der Waals surface area contributed by atoms with Gasteiger partial charge in [0.05, 0.1) is 0 Å². The average molecular weight is 314 g/mol. The number of aryl methyl sites for hydroxylation is 2. The molecule has 6 heteroatoms. The fraction of sp³-hybridized carbons (Fsp3) is 0.188. The number of aromatic nitrogens is 3. The second kappa shape index (κ2) is 5.77. The van der Waals surface area contributed by atoms with Gasteiger partial charge in [-0.2, -0.15) is 0 Å². The van der Waals surface area contributed by atoms with Crippen LogP contribution in [0.1, 0.15) is 16.7 Å². The number of fused-ring (bicyclic) bond motifs is 1. The molecule has 3 aromatic rings. The number of nitrogens with one attached hydrogen (secondary N) is 1. The first-order valence-corrected chi connectivity index (χ1v) is 7.28. The van der Waals surface area contributed by atoms with Gasteiger partial charge in [-0.1, -0.05) is 11.6 Å². The maximum absolute atomic E-state index is 5.97. The van der Waals surface area contributed by atoms with Gasteiger partial charge in [-0.05, 0) is 48.1 Å². The minimum absolute atomic E-state index is 0.420. The van der Waals surface area contributed by atoms with Crippen molar-refractivity contribution in [2.45, 2.75) is 20.4 Å². The third kappa shape index (κ3) is 2.67. The number of nitrogen functional groups attached to an aromatic ring is 1. The zero-order valence-electron chi connectivity index (χ0n) is 12.4. The topological polar surface area (TPSA) is 76.7 Å². The molecule has 0 spiro atoms. The molecule has 112 valence electrons. The second-order valence-electron chi connectivity index (χ2n) is 5.17. The number of nitrogens with zero attached hydrogens (tertiary/aromatic N) is 3. The third-order valence-corrected chi connectivity index (χ3v) is 4.00. The van der Waals surface area contributed by atoms with E-state index in [4.69, 9.17) is 17.3 Å². The number of rotatable bonds is 3. The summed E-state index contributed by atoms with van der Waals surface area (Å²) >= 11 is 5.87. The molecule has 0 atom stereocenters. The fourth-order valence-corrected chi connectivity index (χ4v) is 2.76. The van der Waals surface area contributed by atoms with Crippen LogP contribution < -0.4 is 11.1 Å². The van der Waals surface area contributed by atoms with Crippen LogP contribution in [0.3, 0.4) is 0 Å². The van der Waals surface area contributed by atoms with Gasteiger partial charge in [0.1, 0.15) is 23.1 Å². The van der Waals surface area contributed by atoms with Gasteiger partial charge in [0.15, 0.2) is 0 Å². The van der Waals surface area contributed by atoms with Crippen LogP contribution >= 0.6 is 11.6 Å². The molecule has 0 aliphatic rings. The van der Waals surface area contributed by atoms with E-state index in [-0.39, 0.29) is 0 Å². The Morgan fingerprint density at radius 3 is 2.73 bits per heavy atom. The first kappa shape index (κ1) is 14.5. The molecule has 2 aromatic heterocycles. The van der Waals surface area contributed by atoms with E-state index in [9.17, 15) is 0 Å². The molecule has 22 heavy (non-hydrogen) atoms. The van der Waals surface area contributed by atoms with Crippen molar-refractivity contribution in [3.8, 4) is 0 Å². The Labute approximate surface area is 133 Å². The van der Waals surface area contributed by atoms with Crippen LogP contribution in [-0.4, -0.2) is 15.0 Å². The maximum atomic E-state index is 5.97. The van der Waals surface area contributed by atoms with Gasteiger partial charge in [0, 0.05) is 24.2 Å². The quantitative estimate of drug-likeness (QED) is 0.724. The van der Waals surface area contributed by atoms with E-state index in [1.54, 1.807) is 12.3 Å². The first-order valence-electron chi connectivity index (χ1n) is 6.91. The lowest BCUT2D eigenvalue weighted by molar-refractivity contribution is 1.06. The van der Waals surface area contributed by atoms with Crippen LogP contribution in [0.4, 0.5) is 11.6 Å². The molecular weight excluding hydrogens is 298 g/mol. The van der Waals surface area contributed by atoms with Crippen molar-refractivity contribution < 1.29 is 0 Å². The molecule has 0 saturated heterocycles. The molecule has 5 nitrogen and oxygen atoms in total. The molecule has 0 radical (unpaired) electrons. The van der Waals surface area contributed by atoms with Crippen LogP contribution in [0.5, 0.6) is 0 Å². The third-order valence-electron chi connectivity index (χ3n) is 3.79. The minimum atomic E-state index is 0.420. The highest BCUT2D eigenvalue weighted by atomic mass is 35.5. The van der Waals surface area contributed by atoms with E-state index >= 15 is 0 Å². The molecule has 0 amide bonds. The summed E-state index contributed by atoms with van der Waals surface area (Å²) in [6.07, 6.45) is 3.18. The van der Waals surface area contributed by atoms with Gasteiger partial charge >= 0.3 is 0 Å². The summed E-state index contributed by atoms with van der Waals surface area (Å²) < 4.78 is 0. The molecule has 0 bridgehead atoms. The van der Waals surface area contributed by atoms with Crippen molar-refractivity contribution in [3.05, 3.63) is 52.6 Å². The SMILES string of the molecule is Cc1cc2c(N)nccc2c(C)c1CNc1cc(Cl)ncn1. The van der Waals surface area contributed by atoms with Crippen LogP contribution in [0.2, 0.25) is 5.15 Å². The summed E-state index contributed by atoms with van der Waals surface area (Å²) in [5.74, 6) is 1.26. The average Bonchev–Trinajstić information content (AvgIpc) is 2.48. The molecule has 3 N–H and O–H groups in total. The number of halogens is 1. The Kier molecular flexibility index (Phi) is 3.81. The maximum Gasteiger partial charge on any atom is 0.134 e. The predicted molar refractivity (Wildman–Crippen MR) is 90.0 cm³/mol. The van der Waals surface area contributed by atoms with Crippen molar-refractivity contribution in [2.75, 3.05) is 11.1 Å². The lowest BCUT2D eigenvalue weighted by Crippen LogP contribution is -2.06. The molecule has 0 unspecified atom stereocenters. The summed E-state index contributed by atoms with van der Waals surface area (Å²) in [6, 6.07) is 5.77. The Morgan fingerprint density at radius 1 is 1.14 bits per heavy atom. The van der Waals surface area contributed by atoms with Crippen molar-refractivity contribution in [2.24, 2.45) is 0 Å². The molecule has 0 fully saturated rings. The molecule has 3 rings (SSSR count). The lowest BCUT2D eigenvalue weighted by atomic mass is 9.96. The van der Waals surface area contributed by atoms with Gasteiger partial charge in [-0.25, -0.2) is 15.0 Å². The predicted octanol–water partition coefficient (Wildman–Crippen LogP) is 3.49. The molecule has 0 saturated carbocycles. The Balaban J connectivity index is 1.97. The molecule has 2 heterocycles. The van der Waals surface area contributed by atoms with Gasteiger partial charge in [0.25, 0.3) is 0 Å². The number of pyridine rings is 1. The van der Waals surface area contributed by atoms with Crippen LogP contribution in [0, 0.1) is 13.8 Å². The summed E-state index contributed by atoms with van der Waals surface area (Å²) in [7, 11) is 0. The van der Waals surface area contributed by atoms with Crippen molar-refractivity contribution in [1.29, 1.82) is 0 Å². The first-order chi connectivity index (χ1) is 10.6. The summed E-state index contributed by atoms with van der Waals surface area (Å²) in [5, 5.41) is 5.81. The van der Waals surface area contributed by atoms with E-state index in [0.717, 1.165) is 16.3 Å². The van der Waals surface area contributed by atoms with E-state index in [0.29, 0.717) is 23.3 Å². The smallest absolute Gasteiger partial charge is 0.134 e. The Morgan fingerprint density at radius 2 is 1.95 bits per heavy atom. The zero-order chi connectivity index (χ0) is 15.7. The van der Waals surface area contributed by atoms with Crippen molar-refractivity contribution >= 4 is 34.0 Å². The fourth-order valence-electron chi connectivity index (χ4n) is 2.61. The van der Waals surface area contributed by atoms with E-state index in [1.165, 1.54) is 17.5 Å². The van der Waals surface area contributed by atoms with E-state index in [1.807, 2.05) is 6.07 Å². The largest absolute Gasteiger partial charge is 0.383 e. The minimum Gasteiger partial charge on any atom is -0.383 e. The Bertz CT molecular complexity index is 847. The van der Waals surface area contributed by atoms with Gasteiger partial charge in [-0.3, -0.25) is 0 Å². The molecule has 0 aliphatic heterocycles. The highest BCUT2D eigenvalue weighted by molar-refractivity contribution is 6.29. The Hall–Kier alpha value is -2.40. The number of hydrogen-bond donors (Lipinski definition) is 2. The van der Waals surface area contributed by atoms with Crippen LogP contribution in [0.15, 0.2) is 30.7 Å². The second-order valence-corrected chi connectivity index (χ2v) is 5.56. The standard InChI is InChI=1S/C16H16ClN5/c1-9-5-12-11(3-4-19-16(12)18)10(2)13(9)7-20-15-6-14(17)21-8-22-15/h3-6,8H,7H2,1-2H3,(H2,18,19)(H,20,21,22). The van der Waals surface area contributed by atoms with Crippen LogP contribution in [-0.2, 0) is 6.54 Å². The van der Waals surface area contributed by atoms with Gasteiger partial charge in [0.2, 0.25) is 0 Å². The van der Waals surface area contributed by atoms with Crippen LogP contribution in [0.25, 0.3) is 10.8 Å². The highest BCUT2D eigenvalue weighted by Crippen LogP contribution is 2.28. The number of nitrogens with two attached hydrogens (primary N) is 1. The molecular formula is C16H16ClN5. The number of anilines is 2. The highest BCUT2D eigenvalue weighted by Gasteiger charge is 2.10. The number of hydrogen-bond acceptors (Lipinski definition) is 5. The summed E-state index contributed by atoms with van der Waals surface area (Å²) in [5.41, 5.74) is 9.54. The lowest BCUT2D eigenvalue weighted by Gasteiger charge is -2.15. The molecule has 1 aromatic carbocycles. The van der Waals surface area contributed by atoms with Gasteiger partial charge < -0.3 is 11.1 Å². The van der Waals surface area contributed by atoms with Crippen molar-refractivity contribution in [1.82, 2.24) is 15.0 Å². The monoisotopic (exact) mass is 313 g/mol. The number of benzene rings is 1. The normalized spacial score (nSPS) is 10.9.